The van der Waals surface area contributed by atoms with Gasteiger partial charge in [-0.25, -0.2) is 0 Å². The first-order valence-electron chi connectivity index (χ1n) is 7.69. The van der Waals surface area contributed by atoms with Crippen LogP contribution in [0.3, 0.4) is 0 Å². The molecule has 1 aromatic carbocycles. The van der Waals surface area contributed by atoms with Gasteiger partial charge in [-0.2, -0.15) is 0 Å². The largest absolute Gasteiger partial charge is 0.326 e. The molecule has 1 aliphatic heterocycles. The average molecular weight is 310 g/mol. The van der Waals surface area contributed by atoms with Crippen LogP contribution in [0.4, 0.5) is 5.69 Å². The Labute approximate surface area is 131 Å². The van der Waals surface area contributed by atoms with Gasteiger partial charge in [0.2, 0.25) is 5.91 Å². The topological polar surface area (TPSA) is 44.4 Å². The number of anilines is 1. The summed E-state index contributed by atoms with van der Waals surface area (Å²) in [6.07, 6.45) is 2.95. The number of likely N-dealkylation sites (N-methyl/N-ethyl adjacent to an activating group) is 1. The normalized spacial score (nSPS) is 18.7. The summed E-state index contributed by atoms with van der Waals surface area (Å²) in [5, 5.41) is 6.96. The molecule has 0 aliphatic carbocycles. The monoisotopic (exact) mass is 309 g/mol. The number of rotatable bonds is 6. The molecule has 116 valence electrons. The van der Waals surface area contributed by atoms with Gasteiger partial charge in [-0.3, -0.25) is 9.69 Å². The summed E-state index contributed by atoms with van der Waals surface area (Å²) in [5.41, 5.74) is 0.759. The van der Waals surface area contributed by atoms with Crippen LogP contribution in [0.1, 0.15) is 26.2 Å². The number of piperidine rings is 1. The molecule has 1 fully saturated rings. The van der Waals surface area contributed by atoms with Crippen LogP contribution in [0.25, 0.3) is 0 Å². The Morgan fingerprint density at radius 2 is 2.38 bits per heavy atom. The summed E-state index contributed by atoms with van der Waals surface area (Å²) < 4.78 is 0. The molecule has 5 heteroatoms. The third-order valence-electron chi connectivity index (χ3n) is 3.93. The number of carbonyl (C=O) groups is 1. The Kier molecular flexibility index (Phi) is 6.49. The van der Waals surface area contributed by atoms with E-state index in [4.69, 9.17) is 11.6 Å². The number of hydrogen-bond donors (Lipinski definition) is 2. The first-order valence-corrected chi connectivity index (χ1v) is 8.07. The van der Waals surface area contributed by atoms with Crippen molar-refractivity contribution in [2.24, 2.45) is 0 Å². The van der Waals surface area contributed by atoms with Gasteiger partial charge in [0, 0.05) is 36.3 Å². The summed E-state index contributed by atoms with van der Waals surface area (Å²) in [5.74, 6) is 0.0412. The van der Waals surface area contributed by atoms with Gasteiger partial charge in [-0.15, -0.1) is 0 Å². The molecule has 1 atom stereocenters. The van der Waals surface area contributed by atoms with Crippen LogP contribution in [0.2, 0.25) is 5.02 Å². The average Bonchev–Trinajstić information content (AvgIpc) is 2.49. The molecular weight excluding hydrogens is 286 g/mol. The summed E-state index contributed by atoms with van der Waals surface area (Å²) in [4.78, 5) is 14.4. The molecule has 1 aromatic rings. The lowest BCUT2D eigenvalue weighted by molar-refractivity contribution is -0.116. The molecule has 1 amide bonds. The fourth-order valence-electron chi connectivity index (χ4n) is 2.78. The van der Waals surface area contributed by atoms with E-state index in [2.05, 4.69) is 22.5 Å². The minimum Gasteiger partial charge on any atom is -0.326 e. The van der Waals surface area contributed by atoms with E-state index in [0.717, 1.165) is 31.9 Å². The first-order chi connectivity index (χ1) is 10.2. The van der Waals surface area contributed by atoms with Crippen LogP contribution in [0, 0.1) is 0 Å². The summed E-state index contributed by atoms with van der Waals surface area (Å²) in [7, 11) is 0. The van der Waals surface area contributed by atoms with Crippen molar-refractivity contribution in [1.82, 2.24) is 10.2 Å². The number of nitrogens with zero attached hydrogens (tertiary/aromatic N) is 1. The lowest BCUT2D eigenvalue weighted by atomic mass is 10.1. The Balaban J connectivity index is 1.79. The number of benzene rings is 1. The van der Waals surface area contributed by atoms with E-state index in [9.17, 15) is 4.79 Å². The molecule has 21 heavy (non-hydrogen) atoms. The van der Waals surface area contributed by atoms with E-state index in [-0.39, 0.29) is 5.91 Å². The van der Waals surface area contributed by atoms with Crippen LogP contribution < -0.4 is 10.6 Å². The van der Waals surface area contributed by atoms with Gasteiger partial charge < -0.3 is 10.6 Å². The van der Waals surface area contributed by atoms with Gasteiger partial charge in [-0.05, 0) is 44.1 Å². The zero-order valence-electron chi connectivity index (χ0n) is 12.6. The lowest BCUT2D eigenvalue weighted by Crippen LogP contribution is -2.46. The second-order valence-electron chi connectivity index (χ2n) is 5.44. The minimum atomic E-state index is 0.0412. The minimum absolute atomic E-state index is 0.0412. The van der Waals surface area contributed by atoms with Crippen LogP contribution in [-0.4, -0.2) is 43.0 Å². The predicted octanol–water partition coefficient (Wildman–Crippen LogP) is 2.74. The maximum Gasteiger partial charge on any atom is 0.225 e. The van der Waals surface area contributed by atoms with E-state index in [1.54, 1.807) is 12.1 Å². The van der Waals surface area contributed by atoms with Crippen molar-refractivity contribution >= 4 is 23.2 Å². The van der Waals surface area contributed by atoms with E-state index < -0.39 is 0 Å². The number of amides is 1. The van der Waals surface area contributed by atoms with Crippen molar-refractivity contribution < 1.29 is 4.79 Å². The van der Waals surface area contributed by atoms with Crippen molar-refractivity contribution in [3.8, 4) is 0 Å². The maximum atomic E-state index is 12.0. The molecule has 1 heterocycles. The van der Waals surface area contributed by atoms with E-state index >= 15 is 0 Å². The highest BCUT2D eigenvalue weighted by molar-refractivity contribution is 6.30. The third-order valence-corrected chi connectivity index (χ3v) is 4.16. The second kappa shape index (κ2) is 8.37. The molecule has 0 spiro atoms. The van der Waals surface area contributed by atoms with Gasteiger partial charge in [0.1, 0.15) is 0 Å². The van der Waals surface area contributed by atoms with Crippen LogP contribution in [-0.2, 0) is 4.79 Å². The number of hydrogen-bond acceptors (Lipinski definition) is 3. The van der Waals surface area contributed by atoms with Crippen molar-refractivity contribution in [3.63, 3.8) is 0 Å². The molecule has 1 aliphatic rings. The molecule has 2 rings (SSSR count). The number of nitrogens with one attached hydrogen (secondary N) is 2. The maximum absolute atomic E-state index is 12.0. The Bertz CT molecular complexity index is 461. The first kappa shape index (κ1) is 16.3. The Hall–Kier alpha value is -1.10. The van der Waals surface area contributed by atoms with Gasteiger partial charge in [0.25, 0.3) is 0 Å². The van der Waals surface area contributed by atoms with E-state index in [1.165, 1.54) is 12.8 Å². The number of halogens is 1. The molecule has 2 N–H and O–H groups in total. The van der Waals surface area contributed by atoms with Crippen LogP contribution >= 0.6 is 11.6 Å². The SMILES string of the molecule is CCN(CCC(=O)Nc1cccc(Cl)c1)C1CCCNC1. The van der Waals surface area contributed by atoms with Crippen LogP contribution in [0.15, 0.2) is 24.3 Å². The summed E-state index contributed by atoms with van der Waals surface area (Å²) in [6.45, 7) is 6.09. The second-order valence-corrected chi connectivity index (χ2v) is 5.87. The van der Waals surface area contributed by atoms with E-state index in [1.807, 2.05) is 12.1 Å². The lowest BCUT2D eigenvalue weighted by Gasteiger charge is -2.33. The summed E-state index contributed by atoms with van der Waals surface area (Å²) in [6, 6.07) is 7.81. The molecule has 1 unspecified atom stereocenters. The zero-order chi connectivity index (χ0) is 15.1. The number of carbonyl (C=O) groups excluding carboxylic acids is 1. The van der Waals surface area contributed by atoms with Crippen molar-refractivity contribution in [3.05, 3.63) is 29.3 Å². The third kappa shape index (κ3) is 5.30. The molecular formula is C16H24ClN3O. The quantitative estimate of drug-likeness (QED) is 0.849. The Morgan fingerprint density at radius 1 is 1.52 bits per heavy atom. The molecule has 1 saturated heterocycles. The highest BCUT2D eigenvalue weighted by atomic mass is 35.5. The predicted molar refractivity (Wildman–Crippen MR) is 87.8 cm³/mol. The fourth-order valence-corrected chi connectivity index (χ4v) is 2.97. The summed E-state index contributed by atoms with van der Waals surface area (Å²) >= 11 is 5.91. The Morgan fingerprint density at radius 3 is 3.05 bits per heavy atom. The van der Waals surface area contributed by atoms with E-state index in [0.29, 0.717) is 17.5 Å². The standard InChI is InChI=1S/C16H24ClN3O/c1-2-20(15-7-4-9-18-12-15)10-8-16(21)19-14-6-3-5-13(17)11-14/h3,5-6,11,15,18H,2,4,7-10,12H2,1H3,(H,19,21). The van der Waals surface area contributed by atoms with Crippen molar-refractivity contribution in [2.75, 3.05) is 31.5 Å². The fraction of sp³-hybridized carbons (Fsp3) is 0.562. The highest BCUT2D eigenvalue weighted by Gasteiger charge is 2.19. The van der Waals surface area contributed by atoms with Gasteiger partial charge in [-0.1, -0.05) is 24.6 Å². The van der Waals surface area contributed by atoms with Gasteiger partial charge in [0.15, 0.2) is 0 Å². The molecule has 0 saturated carbocycles. The van der Waals surface area contributed by atoms with Crippen molar-refractivity contribution in [1.29, 1.82) is 0 Å². The van der Waals surface area contributed by atoms with Crippen molar-refractivity contribution in [2.45, 2.75) is 32.2 Å². The molecule has 4 nitrogen and oxygen atoms in total. The molecule has 0 aromatic heterocycles. The van der Waals surface area contributed by atoms with Gasteiger partial charge >= 0.3 is 0 Å². The molecule has 0 bridgehead atoms. The van der Waals surface area contributed by atoms with Crippen LogP contribution in [0.5, 0.6) is 0 Å². The van der Waals surface area contributed by atoms with Gasteiger partial charge in [0.05, 0.1) is 0 Å². The molecule has 0 radical (unpaired) electrons. The smallest absolute Gasteiger partial charge is 0.225 e. The highest BCUT2D eigenvalue weighted by Crippen LogP contribution is 2.15. The zero-order valence-corrected chi connectivity index (χ0v) is 13.3.